The van der Waals surface area contributed by atoms with E-state index in [0.29, 0.717) is 19.7 Å². The summed E-state index contributed by atoms with van der Waals surface area (Å²) in [5.41, 5.74) is 1.76. The van der Waals surface area contributed by atoms with E-state index in [1.54, 1.807) is 11.8 Å². The van der Waals surface area contributed by atoms with Crippen molar-refractivity contribution >= 4 is 12.0 Å². The average Bonchev–Trinajstić information content (AvgIpc) is 2.94. The third-order valence-corrected chi connectivity index (χ3v) is 3.26. The van der Waals surface area contributed by atoms with Gasteiger partial charge in [0, 0.05) is 24.9 Å². The number of urea groups is 1. The van der Waals surface area contributed by atoms with Crippen LogP contribution in [0.4, 0.5) is 4.79 Å². The molecule has 21 heavy (non-hydrogen) atoms. The van der Waals surface area contributed by atoms with Gasteiger partial charge >= 0.3 is 12.0 Å². The SMILES string of the molecule is CCOC(=O)/C=C1\CCCN1C(=O)NCc1ccccc1. The number of ether oxygens (including phenoxy) is 1. The third-order valence-electron chi connectivity index (χ3n) is 3.26. The molecule has 2 rings (SSSR count). The van der Waals surface area contributed by atoms with Crippen LogP contribution in [0.2, 0.25) is 0 Å². The number of carbonyl (C=O) groups excluding carboxylic acids is 2. The molecule has 1 aromatic carbocycles. The van der Waals surface area contributed by atoms with Crippen molar-refractivity contribution in [3.8, 4) is 0 Å². The second-order valence-corrected chi connectivity index (χ2v) is 4.79. The Morgan fingerprint density at radius 2 is 2.10 bits per heavy atom. The van der Waals surface area contributed by atoms with Gasteiger partial charge in [-0.15, -0.1) is 0 Å². The summed E-state index contributed by atoms with van der Waals surface area (Å²) in [6.45, 7) is 3.20. The number of nitrogens with zero attached hydrogens (tertiary/aromatic N) is 1. The Balaban J connectivity index is 1.93. The summed E-state index contributed by atoms with van der Waals surface area (Å²) in [5.74, 6) is -0.393. The molecule has 112 valence electrons. The smallest absolute Gasteiger partial charge is 0.332 e. The van der Waals surface area contributed by atoms with Crippen molar-refractivity contribution < 1.29 is 14.3 Å². The highest BCUT2D eigenvalue weighted by Gasteiger charge is 2.24. The van der Waals surface area contributed by atoms with Gasteiger partial charge < -0.3 is 10.1 Å². The molecular formula is C16H20N2O3. The van der Waals surface area contributed by atoms with Crippen molar-refractivity contribution in [1.29, 1.82) is 0 Å². The third kappa shape index (κ3) is 4.34. The van der Waals surface area contributed by atoms with Gasteiger partial charge in [0.25, 0.3) is 0 Å². The minimum atomic E-state index is -0.393. The molecule has 2 amide bonds. The highest BCUT2D eigenvalue weighted by atomic mass is 16.5. The van der Waals surface area contributed by atoms with Crippen molar-refractivity contribution in [2.75, 3.05) is 13.2 Å². The zero-order valence-corrected chi connectivity index (χ0v) is 12.2. The standard InChI is InChI=1S/C16H20N2O3/c1-2-21-15(19)11-14-9-6-10-18(14)16(20)17-12-13-7-4-3-5-8-13/h3-5,7-8,11H,2,6,9-10,12H2,1H3,(H,17,20)/b14-11+. The van der Waals surface area contributed by atoms with Crippen LogP contribution in [0.1, 0.15) is 25.3 Å². The topological polar surface area (TPSA) is 58.6 Å². The molecule has 0 saturated carbocycles. The van der Waals surface area contributed by atoms with E-state index in [-0.39, 0.29) is 6.03 Å². The minimum Gasteiger partial charge on any atom is -0.463 e. The first-order valence-electron chi connectivity index (χ1n) is 7.17. The second kappa shape index (κ2) is 7.47. The summed E-state index contributed by atoms with van der Waals surface area (Å²) in [7, 11) is 0. The molecule has 0 radical (unpaired) electrons. The van der Waals surface area contributed by atoms with E-state index in [9.17, 15) is 9.59 Å². The maximum absolute atomic E-state index is 12.2. The highest BCUT2D eigenvalue weighted by Crippen LogP contribution is 2.21. The van der Waals surface area contributed by atoms with Crippen molar-refractivity contribution in [3.63, 3.8) is 0 Å². The fourth-order valence-electron chi connectivity index (χ4n) is 2.27. The maximum atomic E-state index is 12.2. The van der Waals surface area contributed by atoms with Gasteiger partial charge in [-0.2, -0.15) is 0 Å². The molecule has 0 aliphatic carbocycles. The van der Waals surface area contributed by atoms with E-state index < -0.39 is 5.97 Å². The van der Waals surface area contributed by atoms with Crippen LogP contribution in [0.3, 0.4) is 0 Å². The fraction of sp³-hybridized carbons (Fsp3) is 0.375. The predicted molar refractivity (Wildman–Crippen MR) is 79.3 cm³/mol. The quantitative estimate of drug-likeness (QED) is 0.684. The van der Waals surface area contributed by atoms with Crippen LogP contribution in [0, 0.1) is 0 Å². The number of likely N-dealkylation sites (tertiary alicyclic amines) is 1. The molecule has 1 aliphatic heterocycles. The van der Waals surface area contributed by atoms with E-state index in [1.165, 1.54) is 6.08 Å². The van der Waals surface area contributed by atoms with Gasteiger partial charge in [-0.1, -0.05) is 30.3 Å². The molecule has 1 heterocycles. The normalized spacial score (nSPS) is 16.0. The fourth-order valence-corrected chi connectivity index (χ4v) is 2.27. The van der Waals surface area contributed by atoms with Crippen LogP contribution in [0.25, 0.3) is 0 Å². The molecule has 0 atom stereocenters. The van der Waals surface area contributed by atoms with Crippen molar-refractivity contribution in [2.45, 2.75) is 26.3 Å². The Hall–Kier alpha value is -2.30. The second-order valence-electron chi connectivity index (χ2n) is 4.79. The van der Waals surface area contributed by atoms with E-state index in [2.05, 4.69) is 5.32 Å². The number of amides is 2. The number of rotatable bonds is 4. The summed E-state index contributed by atoms with van der Waals surface area (Å²) in [4.78, 5) is 25.3. The number of allylic oxidation sites excluding steroid dienone is 1. The Morgan fingerprint density at radius 1 is 1.33 bits per heavy atom. The van der Waals surface area contributed by atoms with E-state index >= 15 is 0 Å². The molecule has 1 saturated heterocycles. The lowest BCUT2D eigenvalue weighted by atomic mass is 10.2. The molecule has 5 heteroatoms. The number of nitrogens with one attached hydrogen (secondary N) is 1. The summed E-state index contributed by atoms with van der Waals surface area (Å²) in [5, 5.41) is 2.87. The highest BCUT2D eigenvalue weighted by molar-refractivity contribution is 5.85. The van der Waals surface area contributed by atoms with Crippen LogP contribution in [0.15, 0.2) is 42.1 Å². The molecule has 0 unspecified atom stereocenters. The van der Waals surface area contributed by atoms with Gasteiger partial charge in [-0.25, -0.2) is 9.59 Å². The van der Waals surface area contributed by atoms with E-state index in [1.807, 2.05) is 30.3 Å². The lowest BCUT2D eigenvalue weighted by Crippen LogP contribution is -2.36. The summed E-state index contributed by atoms with van der Waals surface area (Å²) in [6.07, 6.45) is 3.00. The molecule has 5 nitrogen and oxygen atoms in total. The lowest BCUT2D eigenvalue weighted by molar-refractivity contribution is -0.137. The summed E-state index contributed by atoms with van der Waals surface area (Å²) in [6, 6.07) is 9.55. The number of esters is 1. The first-order valence-corrected chi connectivity index (χ1v) is 7.17. The monoisotopic (exact) mass is 288 g/mol. The van der Waals surface area contributed by atoms with E-state index in [4.69, 9.17) is 4.74 Å². The van der Waals surface area contributed by atoms with Gasteiger partial charge in [0.05, 0.1) is 6.61 Å². The molecule has 1 N–H and O–H groups in total. The molecular weight excluding hydrogens is 268 g/mol. The first-order chi connectivity index (χ1) is 10.2. The predicted octanol–water partition coefficient (Wildman–Crippen LogP) is 2.44. The van der Waals surface area contributed by atoms with Crippen molar-refractivity contribution in [3.05, 3.63) is 47.7 Å². The largest absolute Gasteiger partial charge is 0.463 e. The van der Waals surface area contributed by atoms with Crippen LogP contribution >= 0.6 is 0 Å². The number of hydrogen-bond acceptors (Lipinski definition) is 3. The van der Waals surface area contributed by atoms with Gasteiger partial charge in [0.1, 0.15) is 0 Å². The van der Waals surface area contributed by atoms with Crippen molar-refractivity contribution in [2.24, 2.45) is 0 Å². The zero-order valence-electron chi connectivity index (χ0n) is 12.2. The number of benzene rings is 1. The Morgan fingerprint density at radius 3 is 2.81 bits per heavy atom. The molecule has 0 bridgehead atoms. The summed E-state index contributed by atoms with van der Waals surface area (Å²) < 4.78 is 4.89. The zero-order chi connectivity index (χ0) is 15.1. The van der Waals surface area contributed by atoms with Gasteiger partial charge in [-0.05, 0) is 25.3 Å². The lowest BCUT2D eigenvalue weighted by Gasteiger charge is -2.18. The summed E-state index contributed by atoms with van der Waals surface area (Å²) >= 11 is 0. The van der Waals surface area contributed by atoms with Crippen molar-refractivity contribution in [1.82, 2.24) is 10.2 Å². The number of hydrogen-bond donors (Lipinski definition) is 1. The van der Waals surface area contributed by atoms with Gasteiger partial charge in [0.2, 0.25) is 0 Å². The Labute approximate surface area is 124 Å². The Kier molecular flexibility index (Phi) is 5.37. The molecule has 0 aromatic heterocycles. The van der Waals surface area contributed by atoms with Gasteiger partial charge in [-0.3, -0.25) is 4.90 Å². The average molecular weight is 288 g/mol. The molecule has 1 aliphatic rings. The van der Waals surface area contributed by atoms with Gasteiger partial charge in [0.15, 0.2) is 0 Å². The van der Waals surface area contributed by atoms with Crippen LogP contribution in [-0.4, -0.2) is 30.1 Å². The van der Waals surface area contributed by atoms with Crippen LogP contribution in [0.5, 0.6) is 0 Å². The molecule has 1 fully saturated rings. The minimum absolute atomic E-state index is 0.174. The van der Waals surface area contributed by atoms with Crippen LogP contribution < -0.4 is 5.32 Å². The maximum Gasteiger partial charge on any atom is 0.332 e. The number of carbonyl (C=O) groups is 2. The van der Waals surface area contributed by atoms with Crippen LogP contribution in [-0.2, 0) is 16.1 Å². The first kappa shape index (κ1) is 15.1. The van der Waals surface area contributed by atoms with E-state index in [0.717, 1.165) is 24.1 Å². The molecule has 0 spiro atoms. The molecule has 1 aromatic rings. The Bertz CT molecular complexity index is 526.